The third-order valence-corrected chi connectivity index (χ3v) is 6.43. The van der Waals surface area contributed by atoms with E-state index in [4.69, 9.17) is 14.7 Å². The van der Waals surface area contributed by atoms with Crippen molar-refractivity contribution in [3.8, 4) is 5.75 Å². The fourth-order valence-corrected chi connectivity index (χ4v) is 4.46. The molecular weight excluding hydrogens is 409 g/mol. The first kappa shape index (κ1) is 22.5. The van der Waals surface area contributed by atoms with Gasteiger partial charge in [-0.25, -0.2) is 14.4 Å². The average Bonchev–Trinajstić information content (AvgIpc) is 2.79. The Balaban J connectivity index is 1.51. The molecule has 172 valence electrons. The van der Waals surface area contributed by atoms with Crippen molar-refractivity contribution >= 4 is 11.7 Å². The molecule has 1 saturated heterocycles. The highest BCUT2D eigenvalue weighted by molar-refractivity contribution is 5.73. The van der Waals surface area contributed by atoms with E-state index in [2.05, 4.69) is 16.8 Å². The number of nitrogens with zero attached hydrogens (tertiary/aromatic N) is 5. The van der Waals surface area contributed by atoms with Crippen LogP contribution in [0.4, 0.5) is 10.2 Å². The van der Waals surface area contributed by atoms with Crippen LogP contribution < -0.4 is 9.64 Å². The molecule has 2 aromatic rings. The first-order valence-electron chi connectivity index (χ1n) is 11.3. The average molecular weight is 442 g/mol. The molecule has 0 saturated carbocycles. The standard InChI is InChI=1S/C24H32FN5O2/c1-17(31)30-12-8-18(9-13-30)23-26-21-10-11-28(2)16-19(21)24(27-23)29(3)14-15-32-22-7-5-4-6-20(22)25/h4-7,18H,8-16H2,1-3H3. The Hall–Kier alpha value is -2.74. The fraction of sp³-hybridized carbons (Fsp3) is 0.542. The van der Waals surface area contributed by atoms with Crippen molar-refractivity contribution in [2.75, 3.05) is 51.8 Å². The Morgan fingerprint density at radius 2 is 1.97 bits per heavy atom. The molecule has 1 aromatic heterocycles. The predicted molar refractivity (Wildman–Crippen MR) is 121 cm³/mol. The second-order valence-electron chi connectivity index (χ2n) is 8.80. The van der Waals surface area contributed by atoms with Gasteiger partial charge < -0.3 is 19.4 Å². The largest absolute Gasteiger partial charge is 0.489 e. The Morgan fingerprint density at radius 1 is 1.22 bits per heavy atom. The van der Waals surface area contributed by atoms with Crippen molar-refractivity contribution in [2.24, 2.45) is 0 Å². The van der Waals surface area contributed by atoms with E-state index < -0.39 is 0 Å². The van der Waals surface area contributed by atoms with Crippen LogP contribution in [0, 0.1) is 5.82 Å². The van der Waals surface area contributed by atoms with Crippen molar-refractivity contribution < 1.29 is 13.9 Å². The Kier molecular flexibility index (Phi) is 6.89. The van der Waals surface area contributed by atoms with Crippen LogP contribution in [-0.2, 0) is 17.8 Å². The molecule has 1 aromatic carbocycles. The smallest absolute Gasteiger partial charge is 0.219 e. The van der Waals surface area contributed by atoms with E-state index >= 15 is 0 Å². The number of likely N-dealkylation sites (tertiary alicyclic amines) is 1. The van der Waals surface area contributed by atoms with Gasteiger partial charge in [-0.05, 0) is 32.0 Å². The van der Waals surface area contributed by atoms with Crippen molar-refractivity contribution in [1.29, 1.82) is 0 Å². The number of para-hydroxylation sites is 1. The van der Waals surface area contributed by atoms with Crippen molar-refractivity contribution in [2.45, 2.75) is 38.6 Å². The monoisotopic (exact) mass is 441 g/mol. The second-order valence-corrected chi connectivity index (χ2v) is 8.80. The molecule has 2 aliphatic heterocycles. The number of aromatic nitrogens is 2. The molecular formula is C24H32FN5O2. The lowest BCUT2D eigenvalue weighted by atomic mass is 9.95. The van der Waals surface area contributed by atoms with Crippen LogP contribution in [-0.4, -0.2) is 72.6 Å². The summed E-state index contributed by atoms with van der Waals surface area (Å²) < 4.78 is 19.5. The van der Waals surface area contributed by atoms with E-state index in [-0.39, 0.29) is 23.4 Å². The number of likely N-dealkylation sites (N-methyl/N-ethyl adjacent to an activating group) is 2. The van der Waals surface area contributed by atoms with E-state index in [0.717, 1.165) is 68.3 Å². The molecule has 0 N–H and O–H groups in total. The van der Waals surface area contributed by atoms with Crippen molar-refractivity contribution in [3.05, 3.63) is 47.2 Å². The summed E-state index contributed by atoms with van der Waals surface area (Å²) in [5, 5.41) is 0. The minimum absolute atomic E-state index is 0.133. The van der Waals surface area contributed by atoms with E-state index in [1.165, 1.54) is 6.07 Å². The molecule has 0 aliphatic carbocycles. The number of benzene rings is 1. The van der Waals surface area contributed by atoms with Crippen LogP contribution >= 0.6 is 0 Å². The normalized spacial score (nSPS) is 17.2. The van der Waals surface area contributed by atoms with E-state index in [1.807, 2.05) is 11.9 Å². The van der Waals surface area contributed by atoms with Crippen molar-refractivity contribution in [1.82, 2.24) is 19.8 Å². The maximum Gasteiger partial charge on any atom is 0.219 e. The Labute approximate surface area is 189 Å². The summed E-state index contributed by atoms with van der Waals surface area (Å²) in [5.41, 5.74) is 2.29. The zero-order valence-electron chi connectivity index (χ0n) is 19.2. The van der Waals surface area contributed by atoms with Crippen molar-refractivity contribution in [3.63, 3.8) is 0 Å². The molecule has 0 unspecified atom stereocenters. The molecule has 7 nitrogen and oxygen atoms in total. The lowest BCUT2D eigenvalue weighted by Crippen LogP contribution is -2.37. The maximum absolute atomic E-state index is 13.9. The molecule has 0 atom stereocenters. The fourth-order valence-electron chi connectivity index (χ4n) is 4.46. The molecule has 1 amide bonds. The molecule has 3 heterocycles. The van der Waals surface area contributed by atoms with Gasteiger partial charge in [-0.15, -0.1) is 0 Å². The molecule has 0 radical (unpaired) electrons. The molecule has 2 aliphatic rings. The zero-order chi connectivity index (χ0) is 22.7. The van der Waals surface area contributed by atoms with Crippen LogP contribution in [0.5, 0.6) is 5.75 Å². The van der Waals surface area contributed by atoms with Gasteiger partial charge in [-0.3, -0.25) is 4.79 Å². The Bertz CT molecular complexity index is 961. The van der Waals surface area contributed by atoms with Gasteiger partial charge in [0.2, 0.25) is 5.91 Å². The van der Waals surface area contributed by atoms with Gasteiger partial charge in [0.05, 0.1) is 12.2 Å². The van der Waals surface area contributed by atoms with Gasteiger partial charge in [0, 0.05) is 58.1 Å². The quantitative estimate of drug-likeness (QED) is 0.687. The number of hydrogen-bond acceptors (Lipinski definition) is 6. The number of amides is 1. The Morgan fingerprint density at radius 3 is 2.69 bits per heavy atom. The number of piperidine rings is 1. The third kappa shape index (κ3) is 5.01. The van der Waals surface area contributed by atoms with Crippen LogP contribution in [0.25, 0.3) is 0 Å². The molecule has 4 rings (SSSR count). The summed E-state index contributed by atoms with van der Waals surface area (Å²) >= 11 is 0. The topological polar surface area (TPSA) is 61.8 Å². The van der Waals surface area contributed by atoms with Gasteiger partial charge in [-0.1, -0.05) is 12.1 Å². The second kappa shape index (κ2) is 9.81. The minimum atomic E-state index is -0.351. The minimum Gasteiger partial charge on any atom is -0.489 e. The lowest BCUT2D eigenvalue weighted by molar-refractivity contribution is -0.129. The highest BCUT2D eigenvalue weighted by Gasteiger charge is 2.28. The van der Waals surface area contributed by atoms with Crippen LogP contribution in [0.15, 0.2) is 24.3 Å². The molecule has 8 heteroatoms. The lowest BCUT2D eigenvalue weighted by Gasteiger charge is -2.33. The SMILES string of the molecule is CC(=O)N1CCC(c2nc3c(c(N(C)CCOc4ccccc4F)n2)CN(C)CC3)CC1. The van der Waals surface area contributed by atoms with Gasteiger partial charge in [-0.2, -0.15) is 0 Å². The first-order valence-corrected chi connectivity index (χ1v) is 11.3. The van der Waals surface area contributed by atoms with Gasteiger partial charge in [0.25, 0.3) is 0 Å². The van der Waals surface area contributed by atoms with E-state index in [9.17, 15) is 9.18 Å². The summed E-state index contributed by atoms with van der Waals surface area (Å²) in [4.78, 5) is 27.9. The number of ether oxygens (including phenoxy) is 1. The highest BCUT2D eigenvalue weighted by Crippen LogP contribution is 2.31. The first-order chi connectivity index (χ1) is 15.4. The summed E-state index contributed by atoms with van der Waals surface area (Å²) in [6.45, 7) is 5.87. The molecule has 32 heavy (non-hydrogen) atoms. The number of halogens is 1. The number of fused-ring (bicyclic) bond motifs is 1. The third-order valence-electron chi connectivity index (χ3n) is 6.43. The molecule has 1 fully saturated rings. The maximum atomic E-state index is 13.9. The number of carbonyl (C=O) groups is 1. The zero-order valence-corrected chi connectivity index (χ0v) is 19.2. The van der Waals surface area contributed by atoms with E-state index in [1.54, 1.807) is 25.1 Å². The van der Waals surface area contributed by atoms with E-state index in [0.29, 0.717) is 13.2 Å². The van der Waals surface area contributed by atoms with Gasteiger partial charge in [0.15, 0.2) is 11.6 Å². The van der Waals surface area contributed by atoms with Gasteiger partial charge in [0.1, 0.15) is 18.2 Å². The number of carbonyl (C=O) groups excluding carboxylic acids is 1. The summed E-state index contributed by atoms with van der Waals surface area (Å²) in [6, 6.07) is 6.46. The summed E-state index contributed by atoms with van der Waals surface area (Å²) in [6.07, 6.45) is 2.68. The summed E-state index contributed by atoms with van der Waals surface area (Å²) in [5.74, 6) is 2.13. The van der Waals surface area contributed by atoms with Crippen LogP contribution in [0.1, 0.15) is 42.8 Å². The number of hydrogen-bond donors (Lipinski definition) is 0. The van der Waals surface area contributed by atoms with Gasteiger partial charge >= 0.3 is 0 Å². The number of rotatable bonds is 6. The van der Waals surface area contributed by atoms with Crippen LogP contribution in [0.3, 0.4) is 0 Å². The number of anilines is 1. The van der Waals surface area contributed by atoms with Crippen LogP contribution in [0.2, 0.25) is 0 Å². The molecule has 0 bridgehead atoms. The highest BCUT2D eigenvalue weighted by atomic mass is 19.1. The predicted octanol–water partition coefficient (Wildman–Crippen LogP) is 2.84. The summed E-state index contributed by atoms with van der Waals surface area (Å²) in [7, 11) is 4.11. The molecule has 0 spiro atoms.